The molecule has 0 spiro atoms. The van der Waals surface area contributed by atoms with E-state index >= 15 is 0 Å². The fraction of sp³-hybridized carbons (Fsp3) is 0.125. The number of benzene rings is 1. The van der Waals surface area contributed by atoms with Crippen LogP contribution in [0.5, 0.6) is 0 Å². The van der Waals surface area contributed by atoms with Gasteiger partial charge >= 0.3 is 0 Å². The van der Waals surface area contributed by atoms with Gasteiger partial charge < -0.3 is 11.1 Å². The fourth-order valence-electron chi connectivity index (χ4n) is 2.12. The lowest BCUT2D eigenvalue weighted by molar-refractivity contribution is 1.20. The second kappa shape index (κ2) is 4.81. The summed E-state index contributed by atoms with van der Waals surface area (Å²) in [6.45, 7) is 3.88. The predicted octanol–water partition coefficient (Wildman–Crippen LogP) is 3.57. The minimum absolute atomic E-state index is 0.697. The molecule has 2 aromatic heterocycles. The maximum Gasteiger partial charge on any atom is 0.130 e. The Balaban J connectivity index is 2.05. The molecule has 1 aromatic carbocycles. The first-order chi connectivity index (χ1) is 9.63. The van der Waals surface area contributed by atoms with Crippen LogP contribution in [0.3, 0.4) is 0 Å². The number of aryl methyl sites for hydroxylation is 2. The summed E-state index contributed by atoms with van der Waals surface area (Å²) in [5, 5.41) is 4.42. The van der Waals surface area contributed by atoms with Gasteiger partial charge in [-0.05, 0) is 38.1 Å². The van der Waals surface area contributed by atoms with Crippen LogP contribution < -0.4 is 11.1 Å². The van der Waals surface area contributed by atoms with Gasteiger partial charge in [0.25, 0.3) is 0 Å². The van der Waals surface area contributed by atoms with Gasteiger partial charge in [0.05, 0.1) is 22.6 Å². The van der Waals surface area contributed by atoms with Crippen LogP contribution in [0.2, 0.25) is 0 Å². The summed E-state index contributed by atoms with van der Waals surface area (Å²) in [4.78, 5) is 9.03. The SMILES string of the molecule is Cc1ccc2cccc(Nc3ccc(N)c(C)n3)c2n1. The van der Waals surface area contributed by atoms with E-state index in [-0.39, 0.29) is 0 Å². The molecule has 0 aliphatic heterocycles. The lowest BCUT2D eigenvalue weighted by Crippen LogP contribution is -1.99. The zero-order valence-corrected chi connectivity index (χ0v) is 11.5. The van der Waals surface area contributed by atoms with E-state index < -0.39 is 0 Å². The van der Waals surface area contributed by atoms with Crippen LogP contribution >= 0.6 is 0 Å². The van der Waals surface area contributed by atoms with E-state index in [1.165, 1.54) is 0 Å². The quantitative estimate of drug-likeness (QED) is 0.742. The molecule has 0 bridgehead atoms. The van der Waals surface area contributed by atoms with E-state index in [0.29, 0.717) is 5.69 Å². The van der Waals surface area contributed by atoms with Crippen LogP contribution in [0, 0.1) is 13.8 Å². The molecule has 0 atom stereocenters. The van der Waals surface area contributed by atoms with Gasteiger partial charge in [0, 0.05) is 11.1 Å². The standard InChI is InChI=1S/C16H16N4/c1-10-6-7-12-4-3-5-14(16(12)18-10)20-15-9-8-13(17)11(2)19-15/h3-9H,17H2,1-2H3,(H,19,20). The van der Waals surface area contributed by atoms with Crippen LogP contribution in [0.4, 0.5) is 17.2 Å². The number of nitrogens with two attached hydrogens (primary N) is 1. The molecule has 0 saturated carbocycles. The molecule has 2 heterocycles. The molecule has 4 nitrogen and oxygen atoms in total. The molecule has 0 radical (unpaired) electrons. The molecule has 0 amide bonds. The first-order valence-electron chi connectivity index (χ1n) is 6.50. The lowest BCUT2D eigenvalue weighted by Gasteiger charge is -2.10. The molecule has 4 heteroatoms. The third-order valence-corrected chi connectivity index (χ3v) is 3.25. The number of hydrogen-bond acceptors (Lipinski definition) is 4. The summed E-state index contributed by atoms with van der Waals surface area (Å²) >= 11 is 0. The molecule has 3 N–H and O–H groups in total. The van der Waals surface area contributed by atoms with Gasteiger partial charge in [0.2, 0.25) is 0 Å². The number of para-hydroxylation sites is 1. The molecule has 3 rings (SSSR count). The van der Waals surface area contributed by atoms with Gasteiger partial charge in [0.15, 0.2) is 0 Å². The summed E-state index contributed by atoms with van der Waals surface area (Å²) < 4.78 is 0. The molecular weight excluding hydrogens is 248 g/mol. The van der Waals surface area contributed by atoms with Crippen LogP contribution in [0.15, 0.2) is 42.5 Å². The summed E-state index contributed by atoms with van der Waals surface area (Å²) in [5.41, 5.74) is 10.2. The number of rotatable bonds is 2. The predicted molar refractivity (Wildman–Crippen MR) is 83.1 cm³/mol. The Morgan fingerprint density at radius 2 is 1.80 bits per heavy atom. The molecule has 3 aromatic rings. The van der Waals surface area contributed by atoms with Crippen molar-refractivity contribution in [3.63, 3.8) is 0 Å². The van der Waals surface area contributed by atoms with Crippen LogP contribution in [0.25, 0.3) is 10.9 Å². The fourth-order valence-corrected chi connectivity index (χ4v) is 2.12. The van der Waals surface area contributed by atoms with Crippen molar-refractivity contribution in [3.05, 3.63) is 53.9 Å². The van der Waals surface area contributed by atoms with Crippen LogP contribution in [-0.4, -0.2) is 9.97 Å². The number of pyridine rings is 2. The summed E-state index contributed by atoms with van der Waals surface area (Å²) in [6.07, 6.45) is 0. The lowest BCUT2D eigenvalue weighted by atomic mass is 10.1. The van der Waals surface area contributed by atoms with E-state index in [1.54, 1.807) is 0 Å². The Hall–Kier alpha value is -2.62. The van der Waals surface area contributed by atoms with Gasteiger partial charge in [-0.1, -0.05) is 18.2 Å². The zero-order chi connectivity index (χ0) is 14.1. The van der Waals surface area contributed by atoms with Crippen molar-refractivity contribution in [2.75, 3.05) is 11.1 Å². The van der Waals surface area contributed by atoms with Gasteiger partial charge in [-0.3, -0.25) is 4.98 Å². The third-order valence-electron chi connectivity index (χ3n) is 3.25. The largest absolute Gasteiger partial charge is 0.397 e. The average molecular weight is 264 g/mol. The molecule has 0 unspecified atom stereocenters. The van der Waals surface area contributed by atoms with Crippen molar-refractivity contribution in [2.45, 2.75) is 13.8 Å². The zero-order valence-electron chi connectivity index (χ0n) is 11.5. The molecule has 0 saturated heterocycles. The minimum Gasteiger partial charge on any atom is -0.397 e. The molecule has 0 fully saturated rings. The highest BCUT2D eigenvalue weighted by molar-refractivity contribution is 5.91. The molecule has 0 aliphatic carbocycles. The number of nitrogen functional groups attached to an aromatic ring is 1. The first-order valence-corrected chi connectivity index (χ1v) is 6.50. The highest BCUT2D eigenvalue weighted by Gasteiger charge is 2.05. The monoisotopic (exact) mass is 264 g/mol. The van der Waals surface area contributed by atoms with Gasteiger partial charge in [0.1, 0.15) is 5.82 Å². The second-order valence-electron chi connectivity index (χ2n) is 4.83. The average Bonchev–Trinajstić information content (AvgIpc) is 2.44. The molecule has 100 valence electrons. The number of hydrogen-bond donors (Lipinski definition) is 2. The highest BCUT2D eigenvalue weighted by Crippen LogP contribution is 2.25. The van der Waals surface area contributed by atoms with Crippen molar-refractivity contribution in [3.8, 4) is 0 Å². The van der Waals surface area contributed by atoms with Crippen molar-refractivity contribution >= 4 is 28.1 Å². The number of aromatic nitrogens is 2. The highest BCUT2D eigenvalue weighted by atomic mass is 15.0. The number of nitrogens with one attached hydrogen (secondary N) is 1. The Kier molecular flexibility index (Phi) is 2.99. The Labute approximate surface area is 117 Å². The van der Waals surface area contributed by atoms with Gasteiger partial charge in [-0.15, -0.1) is 0 Å². The Bertz CT molecular complexity index is 781. The Morgan fingerprint density at radius 3 is 2.60 bits per heavy atom. The number of nitrogens with zero attached hydrogens (tertiary/aromatic N) is 2. The van der Waals surface area contributed by atoms with E-state index in [9.17, 15) is 0 Å². The number of anilines is 3. The van der Waals surface area contributed by atoms with Gasteiger partial charge in [-0.2, -0.15) is 0 Å². The molecule has 20 heavy (non-hydrogen) atoms. The molecular formula is C16H16N4. The van der Waals surface area contributed by atoms with Crippen molar-refractivity contribution < 1.29 is 0 Å². The van der Waals surface area contributed by atoms with Crippen molar-refractivity contribution in [1.82, 2.24) is 9.97 Å². The first kappa shape index (κ1) is 12.4. The third kappa shape index (κ3) is 2.28. The van der Waals surface area contributed by atoms with E-state index in [0.717, 1.165) is 33.8 Å². The van der Waals surface area contributed by atoms with E-state index in [1.807, 2.05) is 44.2 Å². The second-order valence-corrected chi connectivity index (χ2v) is 4.83. The van der Waals surface area contributed by atoms with E-state index in [2.05, 4.69) is 27.4 Å². The summed E-state index contributed by atoms with van der Waals surface area (Å²) in [6, 6.07) is 13.9. The van der Waals surface area contributed by atoms with Crippen molar-refractivity contribution in [1.29, 1.82) is 0 Å². The molecule has 0 aliphatic rings. The summed E-state index contributed by atoms with van der Waals surface area (Å²) in [5.74, 6) is 0.771. The normalized spacial score (nSPS) is 10.7. The maximum absolute atomic E-state index is 5.79. The summed E-state index contributed by atoms with van der Waals surface area (Å²) in [7, 11) is 0. The maximum atomic E-state index is 5.79. The number of fused-ring (bicyclic) bond motifs is 1. The minimum atomic E-state index is 0.697. The van der Waals surface area contributed by atoms with Crippen LogP contribution in [-0.2, 0) is 0 Å². The smallest absolute Gasteiger partial charge is 0.130 e. The van der Waals surface area contributed by atoms with Crippen molar-refractivity contribution in [2.24, 2.45) is 0 Å². The topological polar surface area (TPSA) is 63.8 Å². The Morgan fingerprint density at radius 1 is 0.950 bits per heavy atom. The van der Waals surface area contributed by atoms with Gasteiger partial charge in [-0.25, -0.2) is 4.98 Å². The van der Waals surface area contributed by atoms with Crippen LogP contribution in [0.1, 0.15) is 11.4 Å². The van der Waals surface area contributed by atoms with E-state index in [4.69, 9.17) is 5.73 Å².